The SMILES string of the molecule is CCCCCCCCC(CCCCCC)Cc1sc(-c2c3cc(-c4ccc(-c5sc(-c6ccc(C)s6)c6c5C(=O)N(CC(CC)CCCC)C6=O)s4)sc3c(-c3cc(F)c(CC(CCCCCC)CCCCCCCC)s3)c3cc(C)sc23)cc1F. The molecule has 3 atom stereocenters. The highest BCUT2D eigenvalue weighted by Gasteiger charge is 2.43. The van der Waals surface area contributed by atoms with Crippen molar-refractivity contribution in [3.05, 3.63) is 90.8 Å². The van der Waals surface area contributed by atoms with Crippen LogP contribution in [-0.2, 0) is 12.8 Å². The molecule has 7 aromatic heterocycles. The standard InChI is InChI=1S/C74H97F2NO2S7/c1-9-15-20-24-26-30-35-51(33-28-22-17-11-3)42-60-55(75)45-63(83-60)65-53-41-49(8)81-69(53)66(64-46-56(76)61(84-64)43-52(34-29-23-18-12-4)36-31-27-25-21-16-10-2)54-44-62(85-70(54)65)57-39-40-59(82-57)72-68-67(71(86-72)58-38-37-48(7)80-58)73(78)77(74(68)79)47-50(14-6)32-19-13-5/h37-41,44-46,50-52H,9-36,42-43,47H2,1-8H3. The molecule has 8 heterocycles. The zero-order valence-electron chi connectivity index (χ0n) is 53.1. The van der Waals surface area contributed by atoms with E-state index in [9.17, 15) is 9.59 Å². The Balaban J connectivity index is 1.13. The predicted molar refractivity (Wildman–Crippen MR) is 380 cm³/mol. The van der Waals surface area contributed by atoms with E-state index >= 15 is 8.78 Å². The monoisotopic (exact) mass is 1290 g/mol. The molecule has 0 bridgehead atoms. The number of hydrogen-bond donors (Lipinski definition) is 0. The molecule has 12 heteroatoms. The highest BCUT2D eigenvalue weighted by atomic mass is 32.1. The van der Waals surface area contributed by atoms with Crippen LogP contribution in [0.3, 0.4) is 0 Å². The largest absolute Gasteiger partial charge is 0.274 e. The molecule has 9 rings (SSSR count). The number of unbranched alkanes of at least 4 members (excludes halogenated alkanes) is 17. The lowest BCUT2D eigenvalue weighted by Gasteiger charge is -2.21. The van der Waals surface area contributed by atoms with Gasteiger partial charge in [0.2, 0.25) is 0 Å². The number of amides is 2. The van der Waals surface area contributed by atoms with E-state index in [2.05, 4.69) is 91.8 Å². The van der Waals surface area contributed by atoms with Crippen LogP contribution in [0.1, 0.15) is 262 Å². The second-order valence-corrected chi connectivity index (χ2v) is 33.1. The van der Waals surface area contributed by atoms with E-state index in [1.165, 1.54) is 138 Å². The molecule has 2 amide bonds. The average Bonchev–Trinajstić information content (AvgIpc) is 3.55. The average molecular weight is 1300 g/mol. The Kier molecular flexibility index (Phi) is 25.8. The molecule has 1 aliphatic rings. The Morgan fingerprint density at radius 2 is 0.814 bits per heavy atom. The number of hydrogen-bond acceptors (Lipinski definition) is 9. The van der Waals surface area contributed by atoms with Gasteiger partial charge in [0.05, 0.1) is 20.9 Å². The topological polar surface area (TPSA) is 37.4 Å². The quantitative estimate of drug-likeness (QED) is 0.0284. The normalized spacial score (nSPS) is 13.9. The maximum absolute atomic E-state index is 17.0. The van der Waals surface area contributed by atoms with Crippen molar-refractivity contribution in [3.63, 3.8) is 0 Å². The van der Waals surface area contributed by atoms with Gasteiger partial charge in [-0.3, -0.25) is 14.5 Å². The molecule has 0 saturated heterocycles. The van der Waals surface area contributed by atoms with Crippen LogP contribution in [0, 0.1) is 43.2 Å². The number of nitrogens with zero attached hydrogens (tertiary/aromatic N) is 1. The van der Waals surface area contributed by atoms with E-state index < -0.39 is 0 Å². The van der Waals surface area contributed by atoms with Crippen molar-refractivity contribution < 1.29 is 18.4 Å². The molecule has 0 radical (unpaired) electrons. The maximum Gasteiger partial charge on any atom is 0.263 e. The van der Waals surface area contributed by atoms with E-state index in [1.54, 1.807) is 84.3 Å². The minimum absolute atomic E-state index is 0.0861. The second-order valence-electron chi connectivity index (χ2n) is 25.1. The second kappa shape index (κ2) is 33.1. The molecule has 3 unspecified atom stereocenters. The van der Waals surface area contributed by atoms with Crippen molar-refractivity contribution in [1.82, 2.24) is 4.90 Å². The number of fused-ring (bicyclic) bond motifs is 3. The first-order valence-electron chi connectivity index (χ1n) is 33.7. The van der Waals surface area contributed by atoms with Crippen molar-refractivity contribution in [1.29, 1.82) is 0 Å². The third-order valence-electron chi connectivity index (χ3n) is 18.2. The van der Waals surface area contributed by atoms with Crippen LogP contribution in [-0.4, -0.2) is 23.3 Å². The van der Waals surface area contributed by atoms with Crippen molar-refractivity contribution >= 4 is 111 Å². The van der Waals surface area contributed by atoms with Crippen LogP contribution in [0.15, 0.2) is 48.5 Å². The first-order chi connectivity index (χ1) is 41.9. The summed E-state index contributed by atoms with van der Waals surface area (Å²) in [4.78, 5) is 42.9. The van der Waals surface area contributed by atoms with Crippen molar-refractivity contribution in [3.8, 4) is 50.1 Å². The molecule has 86 heavy (non-hydrogen) atoms. The maximum atomic E-state index is 17.0. The Morgan fingerprint density at radius 1 is 0.384 bits per heavy atom. The third kappa shape index (κ3) is 16.4. The zero-order valence-corrected chi connectivity index (χ0v) is 58.9. The molecule has 1 aliphatic heterocycles. The molecule has 1 aromatic carbocycles. The lowest BCUT2D eigenvalue weighted by Crippen LogP contribution is -2.34. The number of carbonyl (C=O) groups excluding carboxylic acids is 2. The molecular formula is C74H97F2NO2S7. The van der Waals surface area contributed by atoms with Crippen LogP contribution in [0.4, 0.5) is 8.78 Å². The van der Waals surface area contributed by atoms with Gasteiger partial charge in [0.1, 0.15) is 11.6 Å². The molecule has 0 spiro atoms. The van der Waals surface area contributed by atoms with Gasteiger partial charge in [0.15, 0.2) is 0 Å². The number of rotatable bonds is 39. The Hall–Kier alpha value is -3.36. The van der Waals surface area contributed by atoms with Crippen molar-refractivity contribution in [2.75, 3.05) is 6.54 Å². The lowest BCUT2D eigenvalue weighted by atomic mass is 9.91. The number of halogens is 2. The first-order valence-corrected chi connectivity index (χ1v) is 39.4. The van der Waals surface area contributed by atoms with E-state index in [-0.39, 0.29) is 29.4 Å². The van der Waals surface area contributed by atoms with Crippen LogP contribution >= 0.6 is 79.4 Å². The Labute approximate surface area is 543 Å². The van der Waals surface area contributed by atoms with Gasteiger partial charge < -0.3 is 0 Å². The van der Waals surface area contributed by atoms with Crippen molar-refractivity contribution in [2.45, 2.75) is 248 Å². The van der Waals surface area contributed by atoms with Crippen molar-refractivity contribution in [2.24, 2.45) is 17.8 Å². The van der Waals surface area contributed by atoms with Gasteiger partial charge in [-0.1, -0.05) is 215 Å². The van der Waals surface area contributed by atoms with Gasteiger partial charge in [0.25, 0.3) is 11.8 Å². The Morgan fingerprint density at radius 3 is 1.30 bits per heavy atom. The molecule has 8 aromatic rings. The lowest BCUT2D eigenvalue weighted by molar-refractivity contribution is 0.0624. The summed E-state index contributed by atoms with van der Waals surface area (Å²) >= 11 is 11.8. The van der Waals surface area contributed by atoms with Gasteiger partial charge in [0, 0.05) is 86.6 Å². The van der Waals surface area contributed by atoms with E-state index in [0.717, 1.165) is 144 Å². The van der Waals surface area contributed by atoms with E-state index in [4.69, 9.17) is 0 Å². The van der Waals surface area contributed by atoms with Crippen LogP contribution in [0.5, 0.6) is 0 Å². The van der Waals surface area contributed by atoms with Gasteiger partial charge in [-0.25, -0.2) is 8.78 Å². The van der Waals surface area contributed by atoms with Crippen LogP contribution in [0.2, 0.25) is 0 Å². The number of imide groups is 1. The minimum Gasteiger partial charge on any atom is -0.274 e. The summed E-state index contributed by atoms with van der Waals surface area (Å²) in [6.45, 7) is 18.2. The molecule has 0 saturated carbocycles. The first kappa shape index (κ1) is 67.0. The molecule has 0 N–H and O–H groups in total. The Bertz CT molecular complexity index is 3310. The minimum atomic E-state index is -0.173. The van der Waals surface area contributed by atoms with E-state index in [0.29, 0.717) is 29.5 Å². The van der Waals surface area contributed by atoms with Gasteiger partial charge in [-0.15, -0.1) is 79.4 Å². The molecular weight excluding hydrogens is 1200 g/mol. The van der Waals surface area contributed by atoms with Gasteiger partial charge >= 0.3 is 0 Å². The fraction of sp³-hybridized carbons (Fsp3) is 0.568. The summed E-state index contributed by atoms with van der Waals surface area (Å²) in [5, 5.41) is 2.21. The third-order valence-corrected chi connectivity index (χ3v) is 26.6. The smallest absolute Gasteiger partial charge is 0.263 e. The molecule has 0 fully saturated rings. The van der Waals surface area contributed by atoms with E-state index in [1.807, 2.05) is 12.1 Å². The highest BCUT2D eigenvalue weighted by molar-refractivity contribution is 7.31. The fourth-order valence-corrected chi connectivity index (χ4v) is 21.6. The number of carbonyl (C=O) groups is 2. The highest BCUT2D eigenvalue weighted by Crippen LogP contribution is 2.56. The molecule has 0 aliphatic carbocycles. The summed E-state index contributed by atoms with van der Waals surface area (Å²) in [7, 11) is 0. The van der Waals surface area contributed by atoms with Crippen LogP contribution < -0.4 is 0 Å². The van der Waals surface area contributed by atoms with Gasteiger partial charge in [-0.05, 0) is 99.4 Å². The van der Waals surface area contributed by atoms with Gasteiger partial charge in [-0.2, -0.15) is 0 Å². The molecule has 3 nitrogen and oxygen atoms in total. The summed E-state index contributed by atoms with van der Waals surface area (Å²) in [5.74, 6) is 0.669. The summed E-state index contributed by atoms with van der Waals surface area (Å²) in [5.41, 5.74) is 3.29. The predicted octanol–water partition coefficient (Wildman–Crippen LogP) is 27.2. The summed E-state index contributed by atoms with van der Waals surface area (Å²) in [6.07, 6.45) is 35.2. The number of aryl methyl sites for hydroxylation is 2. The summed E-state index contributed by atoms with van der Waals surface area (Å²) < 4.78 is 36.2. The molecule has 466 valence electrons. The number of thiophene rings is 7. The number of benzene rings is 1. The fourth-order valence-electron chi connectivity index (χ4n) is 13.2. The van der Waals surface area contributed by atoms with Crippen LogP contribution in [0.25, 0.3) is 70.3 Å². The zero-order chi connectivity index (χ0) is 60.7. The summed E-state index contributed by atoms with van der Waals surface area (Å²) in [6, 6.07) is 16.9.